The number of carbonyl (C=O) groups excluding carboxylic acids is 2. The predicted octanol–water partition coefficient (Wildman–Crippen LogP) is 1.15. The Balaban J connectivity index is 2.71. The van der Waals surface area contributed by atoms with E-state index in [4.69, 9.17) is 4.42 Å². The summed E-state index contributed by atoms with van der Waals surface area (Å²) in [5.74, 6) is 0.283. The highest BCUT2D eigenvalue weighted by molar-refractivity contribution is 5.86. The third kappa shape index (κ3) is 3.82. The van der Waals surface area contributed by atoms with E-state index in [-0.39, 0.29) is 24.3 Å². The van der Waals surface area contributed by atoms with Crippen LogP contribution in [0.5, 0.6) is 0 Å². The maximum absolute atomic E-state index is 11.6. The number of nitrogens with zero attached hydrogens (tertiary/aromatic N) is 2. The Morgan fingerprint density at radius 2 is 1.95 bits per heavy atom. The molecule has 0 aliphatic rings. The molecular formula is C13H20N2O4. The molecule has 0 spiro atoms. The molecule has 1 unspecified atom stereocenters. The van der Waals surface area contributed by atoms with Crippen molar-refractivity contribution in [3.8, 4) is 0 Å². The van der Waals surface area contributed by atoms with E-state index in [0.717, 1.165) is 0 Å². The Hall–Kier alpha value is -1.82. The van der Waals surface area contributed by atoms with Gasteiger partial charge in [-0.05, 0) is 26.1 Å². The lowest BCUT2D eigenvalue weighted by Crippen LogP contribution is -2.35. The molecule has 0 radical (unpaired) electrons. The first-order valence-corrected chi connectivity index (χ1v) is 5.95. The highest BCUT2D eigenvalue weighted by Gasteiger charge is 2.20. The van der Waals surface area contributed by atoms with Gasteiger partial charge in [0.25, 0.3) is 0 Å². The monoisotopic (exact) mass is 268 g/mol. The number of amides is 1. The standard InChI is InChI=1S/C13H20N2O4/c1-9(15(4)8-12(16)14(2)3)10-6-7-11(19-10)13(17)18-5/h6-7,9H,8H2,1-5H3. The molecule has 19 heavy (non-hydrogen) atoms. The summed E-state index contributed by atoms with van der Waals surface area (Å²) in [6.45, 7) is 2.19. The molecule has 1 heterocycles. The van der Waals surface area contributed by atoms with Crippen LogP contribution in [0.2, 0.25) is 0 Å². The van der Waals surface area contributed by atoms with Crippen LogP contribution in [-0.4, -0.2) is 56.5 Å². The number of esters is 1. The number of furan rings is 1. The van der Waals surface area contributed by atoms with Gasteiger partial charge >= 0.3 is 5.97 Å². The Kier molecular flexibility index (Phi) is 5.11. The van der Waals surface area contributed by atoms with Crippen molar-refractivity contribution in [2.24, 2.45) is 0 Å². The van der Waals surface area contributed by atoms with E-state index in [1.54, 1.807) is 26.2 Å². The van der Waals surface area contributed by atoms with Crippen molar-refractivity contribution < 1.29 is 18.7 Å². The van der Waals surface area contributed by atoms with Gasteiger partial charge in [0.05, 0.1) is 19.7 Å². The molecule has 1 amide bonds. The molecule has 1 aromatic heterocycles. The van der Waals surface area contributed by atoms with Crippen LogP contribution >= 0.6 is 0 Å². The number of likely N-dealkylation sites (N-methyl/N-ethyl adjacent to an activating group) is 2. The summed E-state index contributed by atoms with van der Waals surface area (Å²) in [6, 6.07) is 3.18. The van der Waals surface area contributed by atoms with Gasteiger partial charge < -0.3 is 14.1 Å². The van der Waals surface area contributed by atoms with Crippen LogP contribution in [0, 0.1) is 0 Å². The molecule has 0 saturated carbocycles. The normalized spacial score (nSPS) is 12.3. The molecule has 0 aliphatic heterocycles. The zero-order chi connectivity index (χ0) is 14.6. The van der Waals surface area contributed by atoms with Crippen molar-refractivity contribution in [2.75, 3.05) is 34.8 Å². The summed E-state index contributed by atoms with van der Waals surface area (Å²) >= 11 is 0. The van der Waals surface area contributed by atoms with Crippen molar-refractivity contribution >= 4 is 11.9 Å². The van der Waals surface area contributed by atoms with E-state index in [9.17, 15) is 9.59 Å². The smallest absolute Gasteiger partial charge is 0.373 e. The van der Waals surface area contributed by atoms with Crippen molar-refractivity contribution in [1.29, 1.82) is 0 Å². The first kappa shape index (κ1) is 15.2. The van der Waals surface area contributed by atoms with Gasteiger partial charge in [0.1, 0.15) is 5.76 Å². The topological polar surface area (TPSA) is 63.0 Å². The number of hydrogen-bond donors (Lipinski definition) is 0. The molecule has 1 aromatic rings. The second-order valence-corrected chi connectivity index (χ2v) is 4.57. The van der Waals surface area contributed by atoms with Crippen LogP contribution in [0.4, 0.5) is 0 Å². The highest BCUT2D eigenvalue weighted by atomic mass is 16.5. The molecule has 0 bridgehead atoms. The van der Waals surface area contributed by atoms with Crippen LogP contribution in [0.3, 0.4) is 0 Å². The molecule has 0 aliphatic carbocycles. The van der Waals surface area contributed by atoms with E-state index >= 15 is 0 Å². The summed E-state index contributed by atoms with van der Waals surface area (Å²) in [5, 5.41) is 0. The fraction of sp³-hybridized carbons (Fsp3) is 0.538. The third-order valence-electron chi connectivity index (χ3n) is 2.97. The van der Waals surface area contributed by atoms with Crippen LogP contribution in [0.1, 0.15) is 29.3 Å². The lowest BCUT2D eigenvalue weighted by atomic mass is 10.2. The van der Waals surface area contributed by atoms with Crippen LogP contribution < -0.4 is 0 Å². The van der Waals surface area contributed by atoms with Gasteiger partial charge in [-0.3, -0.25) is 9.69 Å². The van der Waals surface area contributed by atoms with E-state index < -0.39 is 5.97 Å². The van der Waals surface area contributed by atoms with Gasteiger partial charge in [0, 0.05) is 14.1 Å². The van der Waals surface area contributed by atoms with Gasteiger partial charge in [-0.25, -0.2) is 4.79 Å². The molecule has 0 aromatic carbocycles. The lowest BCUT2D eigenvalue weighted by molar-refractivity contribution is -0.130. The van der Waals surface area contributed by atoms with Gasteiger partial charge in [-0.1, -0.05) is 0 Å². The Morgan fingerprint density at radius 3 is 2.47 bits per heavy atom. The number of carbonyl (C=O) groups is 2. The number of hydrogen-bond acceptors (Lipinski definition) is 5. The average molecular weight is 268 g/mol. The van der Waals surface area contributed by atoms with Crippen molar-refractivity contribution in [3.63, 3.8) is 0 Å². The first-order valence-electron chi connectivity index (χ1n) is 5.95. The largest absolute Gasteiger partial charge is 0.463 e. The quantitative estimate of drug-likeness (QED) is 0.750. The lowest BCUT2D eigenvalue weighted by Gasteiger charge is -2.23. The molecule has 0 N–H and O–H groups in total. The van der Waals surface area contributed by atoms with Crippen molar-refractivity contribution in [3.05, 3.63) is 23.7 Å². The van der Waals surface area contributed by atoms with Gasteiger partial charge in [-0.15, -0.1) is 0 Å². The van der Waals surface area contributed by atoms with Gasteiger partial charge in [0.15, 0.2) is 0 Å². The number of rotatable bonds is 5. The average Bonchev–Trinajstić information content (AvgIpc) is 2.85. The Morgan fingerprint density at radius 1 is 1.32 bits per heavy atom. The zero-order valence-electron chi connectivity index (χ0n) is 12.0. The minimum Gasteiger partial charge on any atom is -0.463 e. The summed E-state index contributed by atoms with van der Waals surface area (Å²) in [7, 11) is 6.55. The van der Waals surface area contributed by atoms with Crippen molar-refractivity contribution in [2.45, 2.75) is 13.0 Å². The second-order valence-electron chi connectivity index (χ2n) is 4.57. The summed E-state index contributed by atoms with van der Waals surface area (Å²) in [5.41, 5.74) is 0. The molecule has 6 heteroatoms. The molecule has 1 atom stereocenters. The van der Waals surface area contributed by atoms with E-state index in [2.05, 4.69) is 4.74 Å². The maximum atomic E-state index is 11.6. The Bertz CT molecular complexity index is 453. The number of ether oxygens (including phenoxy) is 1. The SMILES string of the molecule is COC(=O)c1ccc(C(C)N(C)CC(=O)N(C)C)o1. The zero-order valence-corrected chi connectivity index (χ0v) is 12.0. The van der Waals surface area contributed by atoms with Crippen molar-refractivity contribution in [1.82, 2.24) is 9.80 Å². The first-order chi connectivity index (χ1) is 8.86. The van der Waals surface area contributed by atoms with E-state index in [1.165, 1.54) is 12.0 Å². The van der Waals surface area contributed by atoms with Crippen LogP contribution in [0.15, 0.2) is 16.5 Å². The molecule has 106 valence electrons. The highest BCUT2D eigenvalue weighted by Crippen LogP contribution is 2.21. The molecular weight excluding hydrogens is 248 g/mol. The minimum atomic E-state index is -0.509. The van der Waals surface area contributed by atoms with Gasteiger partial charge in [0.2, 0.25) is 11.7 Å². The van der Waals surface area contributed by atoms with E-state index in [0.29, 0.717) is 5.76 Å². The molecule has 1 rings (SSSR count). The fourth-order valence-corrected chi connectivity index (χ4v) is 1.50. The summed E-state index contributed by atoms with van der Waals surface area (Å²) < 4.78 is 10.00. The summed E-state index contributed by atoms with van der Waals surface area (Å²) in [4.78, 5) is 26.3. The molecule has 0 fully saturated rings. The summed E-state index contributed by atoms with van der Waals surface area (Å²) in [6.07, 6.45) is 0. The van der Waals surface area contributed by atoms with Crippen LogP contribution in [0.25, 0.3) is 0 Å². The third-order valence-corrected chi connectivity index (χ3v) is 2.97. The predicted molar refractivity (Wildman–Crippen MR) is 69.8 cm³/mol. The molecule has 6 nitrogen and oxygen atoms in total. The maximum Gasteiger partial charge on any atom is 0.373 e. The minimum absolute atomic E-state index is 0.00842. The van der Waals surface area contributed by atoms with Crippen LogP contribution in [-0.2, 0) is 9.53 Å². The van der Waals surface area contributed by atoms with Gasteiger partial charge in [-0.2, -0.15) is 0 Å². The second kappa shape index (κ2) is 6.38. The number of methoxy groups -OCH3 is 1. The van der Waals surface area contributed by atoms with E-state index in [1.807, 2.05) is 18.9 Å². The fourth-order valence-electron chi connectivity index (χ4n) is 1.50. The Labute approximate surface area is 112 Å². The molecule has 0 saturated heterocycles.